The molecule has 23 heavy (non-hydrogen) atoms. The lowest BCUT2D eigenvalue weighted by atomic mass is 10.2. The van der Waals surface area contributed by atoms with Crippen LogP contribution in [0.1, 0.15) is 6.92 Å². The number of rotatable bonds is 5. The first-order valence-corrected chi connectivity index (χ1v) is 7.97. The molecule has 0 aromatic heterocycles. The molecule has 0 spiro atoms. The first-order chi connectivity index (χ1) is 11.0. The molecule has 6 nitrogen and oxygen atoms in total. The van der Waals surface area contributed by atoms with E-state index in [-0.39, 0.29) is 18.4 Å². The summed E-state index contributed by atoms with van der Waals surface area (Å²) < 4.78 is 5.23. The highest BCUT2D eigenvalue weighted by molar-refractivity contribution is 6.30. The predicted molar refractivity (Wildman–Crippen MR) is 89.6 cm³/mol. The van der Waals surface area contributed by atoms with Gasteiger partial charge in [0.15, 0.2) is 0 Å². The topological polar surface area (TPSA) is 61.9 Å². The molecule has 0 bridgehead atoms. The van der Waals surface area contributed by atoms with E-state index in [4.69, 9.17) is 16.3 Å². The van der Waals surface area contributed by atoms with Gasteiger partial charge in [-0.15, -0.1) is 0 Å². The van der Waals surface area contributed by atoms with E-state index < -0.39 is 6.04 Å². The van der Waals surface area contributed by atoms with Crippen LogP contribution in [0.5, 0.6) is 0 Å². The summed E-state index contributed by atoms with van der Waals surface area (Å²) >= 11 is 5.82. The van der Waals surface area contributed by atoms with Gasteiger partial charge in [-0.05, 0) is 38.2 Å². The number of nitrogens with zero attached hydrogens (tertiary/aromatic N) is 2. The number of amides is 2. The van der Waals surface area contributed by atoms with Crippen LogP contribution in [0.25, 0.3) is 0 Å². The lowest BCUT2D eigenvalue weighted by molar-refractivity contribution is -0.137. The number of hydrogen-bond donors (Lipinski definition) is 1. The Morgan fingerprint density at radius 1 is 1.30 bits per heavy atom. The van der Waals surface area contributed by atoms with Crippen molar-refractivity contribution in [3.8, 4) is 0 Å². The zero-order valence-electron chi connectivity index (χ0n) is 13.4. The van der Waals surface area contributed by atoms with Crippen LogP contribution in [0.15, 0.2) is 24.3 Å². The fourth-order valence-corrected chi connectivity index (χ4v) is 2.37. The van der Waals surface area contributed by atoms with Crippen molar-refractivity contribution in [1.82, 2.24) is 9.80 Å². The molecule has 1 aliphatic heterocycles. The van der Waals surface area contributed by atoms with Gasteiger partial charge in [0.2, 0.25) is 11.8 Å². The number of morpholine rings is 1. The number of anilines is 1. The molecule has 2 rings (SSSR count). The third-order valence-corrected chi connectivity index (χ3v) is 4.15. The summed E-state index contributed by atoms with van der Waals surface area (Å²) in [5.74, 6) is -0.147. The molecule has 0 unspecified atom stereocenters. The normalized spacial score (nSPS) is 16.3. The summed E-state index contributed by atoms with van der Waals surface area (Å²) in [6.45, 7) is 4.34. The zero-order chi connectivity index (χ0) is 16.8. The average Bonchev–Trinajstić information content (AvgIpc) is 2.56. The van der Waals surface area contributed by atoms with E-state index in [1.54, 1.807) is 48.0 Å². The van der Waals surface area contributed by atoms with Gasteiger partial charge in [0.1, 0.15) is 0 Å². The summed E-state index contributed by atoms with van der Waals surface area (Å²) in [5, 5.41) is 3.43. The number of halogens is 1. The second-order valence-corrected chi connectivity index (χ2v) is 6.02. The molecule has 1 heterocycles. The lowest BCUT2D eigenvalue weighted by Gasteiger charge is -2.30. The summed E-state index contributed by atoms with van der Waals surface area (Å²) in [5.41, 5.74) is 0.680. The van der Waals surface area contributed by atoms with Crippen molar-refractivity contribution in [1.29, 1.82) is 0 Å². The highest BCUT2D eigenvalue weighted by atomic mass is 35.5. The summed E-state index contributed by atoms with van der Waals surface area (Å²) in [4.78, 5) is 28.0. The minimum absolute atomic E-state index is 0.0157. The molecule has 1 fully saturated rings. The number of carbonyl (C=O) groups excluding carboxylic acids is 2. The summed E-state index contributed by atoms with van der Waals surface area (Å²) in [6.07, 6.45) is 0. The fraction of sp³-hybridized carbons (Fsp3) is 0.500. The smallest absolute Gasteiger partial charge is 0.241 e. The van der Waals surface area contributed by atoms with E-state index in [0.717, 1.165) is 0 Å². The van der Waals surface area contributed by atoms with E-state index in [0.29, 0.717) is 37.0 Å². The molecule has 1 aromatic carbocycles. The van der Waals surface area contributed by atoms with E-state index in [9.17, 15) is 9.59 Å². The molecule has 1 saturated heterocycles. The first kappa shape index (κ1) is 17.7. The number of nitrogens with one attached hydrogen (secondary N) is 1. The number of likely N-dealkylation sites (N-methyl/N-ethyl adjacent to an activating group) is 1. The minimum Gasteiger partial charge on any atom is -0.378 e. The van der Waals surface area contributed by atoms with Gasteiger partial charge < -0.3 is 15.0 Å². The van der Waals surface area contributed by atoms with Crippen molar-refractivity contribution in [3.05, 3.63) is 29.3 Å². The summed E-state index contributed by atoms with van der Waals surface area (Å²) in [6, 6.07) is 6.49. The molecule has 2 amide bonds. The van der Waals surface area contributed by atoms with Gasteiger partial charge in [0.05, 0.1) is 25.8 Å². The number of hydrogen-bond acceptors (Lipinski definition) is 4. The maximum atomic E-state index is 12.3. The van der Waals surface area contributed by atoms with Crippen molar-refractivity contribution < 1.29 is 14.3 Å². The van der Waals surface area contributed by atoms with Crippen molar-refractivity contribution in [3.63, 3.8) is 0 Å². The van der Waals surface area contributed by atoms with E-state index >= 15 is 0 Å². The zero-order valence-corrected chi connectivity index (χ0v) is 14.2. The molecular formula is C16H22ClN3O3. The maximum Gasteiger partial charge on any atom is 0.241 e. The van der Waals surface area contributed by atoms with Gasteiger partial charge >= 0.3 is 0 Å². The summed E-state index contributed by atoms with van der Waals surface area (Å²) in [7, 11) is 1.77. The van der Waals surface area contributed by atoms with Crippen LogP contribution in [0.4, 0.5) is 5.69 Å². The third kappa shape index (κ3) is 5.20. The van der Waals surface area contributed by atoms with Gasteiger partial charge in [-0.2, -0.15) is 0 Å². The molecule has 0 radical (unpaired) electrons. The molecule has 7 heteroatoms. The SMILES string of the molecule is C[C@@H](C(=O)Nc1ccc(Cl)cc1)N(C)CC(=O)N1CCOCC1. The number of benzene rings is 1. The average molecular weight is 340 g/mol. The minimum atomic E-state index is -0.421. The van der Waals surface area contributed by atoms with Crippen molar-refractivity contribution in [2.24, 2.45) is 0 Å². The third-order valence-electron chi connectivity index (χ3n) is 3.90. The van der Waals surface area contributed by atoms with E-state index in [1.165, 1.54) is 0 Å². The Bertz CT molecular complexity index is 544. The largest absolute Gasteiger partial charge is 0.378 e. The van der Waals surface area contributed by atoms with Crippen LogP contribution < -0.4 is 5.32 Å². The first-order valence-electron chi connectivity index (χ1n) is 7.59. The Morgan fingerprint density at radius 3 is 2.52 bits per heavy atom. The molecule has 1 atom stereocenters. The highest BCUT2D eigenvalue weighted by Crippen LogP contribution is 2.14. The molecule has 1 N–H and O–H groups in total. The molecule has 0 aliphatic carbocycles. The predicted octanol–water partition coefficient (Wildman–Crippen LogP) is 1.46. The van der Waals surface area contributed by atoms with E-state index in [1.807, 2.05) is 0 Å². The molecule has 126 valence electrons. The molecular weight excluding hydrogens is 318 g/mol. The van der Waals surface area contributed by atoms with Crippen LogP contribution in [-0.2, 0) is 14.3 Å². The molecule has 1 aliphatic rings. The molecule has 1 aromatic rings. The Hall–Kier alpha value is -1.63. The van der Waals surface area contributed by atoms with Crippen molar-refractivity contribution >= 4 is 29.1 Å². The quantitative estimate of drug-likeness (QED) is 0.882. The highest BCUT2D eigenvalue weighted by Gasteiger charge is 2.23. The fourth-order valence-electron chi connectivity index (χ4n) is 2.24. The Labute approximate surface area is 141 Å². The standard InChI is InChI=1S/C16H22ClN3O3/c1-12(16(22)18-14-5-3-13(17)4-6-14)19(2)11-15(21)20-7-9-23-10-8-20/h3-6,12H,7-11H2,1-2H3,(H,18,22)/t12-/m0/s1. The number of ether oxygens (including phenoxy) is 1. The Kier molecular flexibility index (Phi) is 6.38. The monoisotopic (exact) mass is 339 g/mol. The van der Waals surface area contributed by atoms with Gasteiger partial charge in [0, 0.05) is 23.8 Å². The Balaban J connectivity index is 1.85. The van der Waals surface area contributed by atoms with Crippen LogP contribution in [0.2, 0.25) is 5.02 Å². The maximum absolute atomic E-state index is 12.3. The van der Waals surface area contributed by atoms with Crippen LogP contribution >= 0.6 is 11.6 Å². The van der Waals surface area contributed by atoms with Crippen molar-refractivity contribution in [2.45, 2.75) is 13.0 Å². The van der Waals surface area contributed by atoms with E-state index in [2.05, 4.69) is 5.32 Å². The lowest BCUT2D eigenvalue weighted by Crippen LogP contribution is -2.48. The number of carbonyl (C=O) groups is 2. The second-order valence-electron chi connectivity index (χ2n) is 5.58. The second kappa shape index (κ2) is 8.29. The van der Waals surface area contributed by atoms with Crippen LogP contribution in [0, 0.1) is 0 Å². The van der Waals surface area contributed by atoms with Crippen LogP contribution in [-0.4, -0.2) is 67.6 Å². The van der Waals surface area contributed by atoms with Gasteiger partial charge in [-0.25, -0.2) is 0 Å². The Morgan fingerprint density at radius 2 is 1.91 bits per heavy atom. The van der Waals surface area contributed by atoms with Gasteiger partial charge in [-0.3, -0.25) is 14.5 Å². The van der Waals surface area contributed by atoms with Crippen molar-refractivity contribution in [2.75, 3.05) is 45.2 Å². The molecule has 0 saturated carbocycles. The van der Waals surface area contributed by atoms with Crippen LogP contribution in [0.3, 0.4) is 0 Å². The van der Waals surface area contributed by atoms with Gasteiger partial charge in [0.25, 0.3) is 0 Å². The van der Waals surface area contributed by atoms with Gasteiger partial charge in [-0.1, -0.05) is 11.6 Å².